The first-order valence-corrected chi connectivity index (χ1v) is 20.3. The summed E-state index contributed by atoms with van der Waals surface area (Å²) in [5, 5.41) is 0.00305. The molecule has 0 heterocycles. The molecule has 0 aliphatic heterocycles. The van der Waals surface area contributed by atoms with E-state index in [9.17, 15) is 13.2 Å². The van der Waals surface area contributed by atoms with Crippen LogP contribution in [0.2, 0.25) is 36.3 Å². The fourth-order valence-corrected chi connectivity index (χ4v) is 7.34. The molecule has 0 amide bonds. The van der Waals surface area contributed by atoms with Gasteiger partial charge in [-0.2, -0.15) is 8.42 Å². The zero-order valence-electron chi connectivity index (χ0n) is 24.6. The summed E-state index contributed by atoms with van der Waals surface area (Å²) in [6.07, 6.45) is -0.269. The van der Waals surface area contributed by atoms with Crippen LogP contribution < -0.4 is 0 Å². The highest BCUT2D eigenvalue weighted by atomic mass is 32.2. The predicted octanol–water partition coefficient (Wildman–Crippen LogP) is 6.29. The smallest absolute Gasteiger partial charge is 0.296 e. The summed E-state index contributed by atoms with van der Waals surface area (Å²) >= 11 is 0. The third-order valence-electron chi connectivity index (χ3n) is 8.62. The van der Waals surface area contributed by atoms with Gasteiger partial charge in [0.15, 0.2) is 16.6 Å². The van der Waals surface area contributed by atoms with Crippen LogP contribution in [0.1, 0.15) is 53.5 Å². The summed E-state index contributed by atoms with van der Waals surface area (Å²) in [7, 11) is -8.25. The Morgan fingerprint density at radius 1 is 0.865 bits per heavy atom. The van der Waals surface area contributed by atoms with Gasteiger partial charge in [0.25, 0.3) is 16.6 Å². The van der Waals surface area contributed by atoms with E-state index < -0.39 is 32.9 Å². The van der Waals surface area contributed by atoms with E-state index in [2.05, 4.69) is 67.7 Å². The minimum atomic E-state index is -3.98. The van der Waals surface area contributed by atoms with Crippen molar-refractivity contribution in [1.82, 2.24) is 0 Å². The molecule has 37 heavy (non-hydrogen) atoms. The Hall–Kier alpha value is -1.05. The Morgan fingerprint density at radius 3 is 1.86 bits per heavy atom. The predicted molar refractivity (Wildman–Crippen MR) is 152 cm³/mol. The standard InChI is InChI=1S/C27H48O7SSi2/c1-20-12-14-21(15-13-20)35(29,30)32-17-22-23(18-33-36(8,9)26(2,3)4)25(16-24(22)31-19-28)34-37(10,11)27(5,6)7/h12-15,19,22-25H,16-18H2,1-11H3/t22-,23-,24+,25-/m0/s1. The summed E-state index contributed by atoms with van der Waals surface area (Å²) in [6.45, 7) is 24.5. The van der Waals surface area contributed by atoms with Crippen LogP contribution >= 0.6 is 0 Å². The zero-order valence-corrected chi connectivity index (χ0v) is 27.4. The molecule has 10 heteroatoms. The first kappa shape index (κ1) is 32.2. The van der Waals surface area contributed by atoms with E-state index in [1.54, 1.807) is 24.3 Å². The number of hydrogen-bond donors (Lipinski definition) is 0. The van der Waals surface area contributed by atoms with E-state index in [0.29, 0.717) is 19.5 Å². The van der Waals surface area contributed by atoms with Gasteiger partial charge in [-0.3, -0.25) is 8.98 Å². The molecule has 0 unspecified atom stereocenters. The molecule has 0 aromatic heterocycles. The lowest BCUT2D eigenvalue weighted by Gasteiger charge is -2.41. The van der Waals surface area contributed by atoms with Crippen LogP contribution in [-0.4, -0.2) is 56.9 Å². The van der Waals surface area contributed by atoms with E-state index >= 15 is 0 Å². The highest BCUT2D eigenvalue weighted by molar-refractivity contribution is 7.86. The molecule has 7 nitrogen and oxygen atoms in total. The molecular formula is C27H48O7SSi2. The highest BCUT2D eigenvalue weighted by Gasteiger charge is 2.51. The van der Waals surface area contributed by atoms with Crippen molar-refractivity contribution in [1.29, 1.82) is 0 Å². The second-order valence-corrected chi connectivity index (χ2v) is 24.6. The van der Waals surface area contributed by atoms with Gasteiger partial charge in [0.05, 0.1) is 17.6 Å². The van der Waals surface area contributed by atoms with Crippen LogP contribution in [-0.2, 0) is 32.7 Å². The van der Waals surface area contributed by atoms with Crippen LogP contribution in [0, 0.1) is 18.8 Å². The third kappa shape index (κ3) is 7.98. The molecule has 0 N–H and O–H groups in total. The van der Waals surface area contributed by atoms with E-state index in [1.807, 2.05) is 6.92 Å². The molecule has 0 bridgehead atoms. The van der Waals surface area contributed by atoms with Crippen LogP contribution in [0.15, 0.2) is 29.2 Å². The average molecular weight is 573 g/mol. The van der Waals surface area contributed by atoms with Gasteiger partial charge >= 0.3 is 0 Å². The molecule has 0 spiro atoms. The van der Waals surface area contributed by atoms with Crippen LogP contribution in [0.5, 0.6) is 0 Å². The lowest BCUT2D eigenvalue weighted by Crippen LogP contribution is -2.47. The monoisotopic (exact) mass is 572 g/mol. The minimum absolute atomic E-state index is 0.0117. The van der Waals surface area contributed by atoms with Gasteiger partial charge in [0.2, 0.25) is 0 Å². The van der Waals surface area contributed by atoms with E-state index in [-0.39, 0.29) is 39.5 Å². The number of rotatable bonds is 11. The van der Waals surface area contributed by atoms with Crippen LogP contribution in [0.25, 0.3) is 0 Å². The van der Waals surface area contributed by atoms with Crippen molar-refractivity contribution < 1.29 is 31.0 Å². The Balaban J connectivity index is 2.37. The second kappa shape index (κ2) is 11.6. The molecule has 1 fully saturated rings. The summed E-state index contributed by atoms with van der Waals surface area (Å²) < 4.78 is 50.5. The molecule has 0 radical (unpaired) electrons. The second-order valence-electron chi connectivity index (χ2n) is 13.4. The molecule has 4 atom stereocenters. The molecular weight excluding hydrogens is 525 g/mol. The van der Waals surface area contributed by atoms with Crippen molar-refractivity contribution in [2.75, 3.05) is 13.2 Å². The molecule has 1 aromatic rings. The van der Waals surface area contributed by atoms with E-state index in [0.717, 1.165) is 5.56 Å². The van der Waals surface area contributed by atoms with Crippen LogP contribution in [0.4, 0.5) is 0 Å². The Labute approximate surface area is 227 Å². The van der Waals surface area contributed by atoms with Crippen molar-refractivity contribution in [3.8, 4) is 0 Å². The fourth-order valence-electron chi connectivity index (χ4n) is 3.97. The average Bonchev–Trinajstić information content (AvgIpc) is 3.05. The lowest BCUT2D eigenvalue weighted by atomic mass is 9.95. The first-order chi connectivity index (χ1) is 16.7. The van der Waals surface area contributed by atoms with Crippen molar-refractivity contribution in [3.05, 3.63) is 29.8 Å². The molecule has 1 aliphatic rings. The van der Waals surface area contributed by atoms with Crippen molar-refractivity contribution >= 4 is 33.2 Å². The van der Waals surface area contributed by atoms with E-state index in [4.69, 9.17) is 17.8 Å². The number of hydrogen-bond acceptors (Lipinski definition) is 7. The van der Waals surface area contributed by atoms with E-state index in [1.165, 1.54) is 0 Å². The Morgan fingerprint density at radius 2 is 1.38 bits per heavy atom. The van der Waals surface area contributed by atoms with Gasteiger partial charge in [-0.1, -0.05) is 59.2 Å². The van der Waals surface area contributed by atoms with Crippen molar-refractivity contribution in [3.63, 3.8) is 0 Å². The van der Waals surface area contributed by atoms with Crippen LogP contribution in [0.3, 0.4) is 0 Å². The number of benzene rings is 1. The molecule has 0 saturated heterocycles. The topological polar surface area (TPSA) is 88.1 Å². The maximum atomic E-state index is 13.0. The van der Waals surface area contributed by atoms with Gasteiger partial charge in [-0.25, -0.2) is 0 Å². The third-order valence-corrected chi connectivity index (χ3v) is 18.9. The van der Waals surface area contributed by atoms with Gasteiger partial charge in [0.1, 0.15) is 6.10 Å². The van der Waals surface area contributed by atoms with Gasteiger partial charge in [-0.05, 0) is 55.3 Å². The zero-order chi connectivity index (χ0) is 28.4. The number of aryl methyl sites for hydroxylation is 1. The van der Waals surface area contributed by atoms with Crippen molar-refractivity contribution in [2.24, 2.45) is 11.8 Å². The highest BCUT2D eigenvalue weighted by Crippen LogP contribution is 2.45. The van der Waals surface area contributed by atoms with Crippen molar-refractivity contribution in [2.45, 2.75) is 108 Å². The quantitative estimate of drug-likeness (QED) is 0.175. The normalized spacial score (nSPS) is 23.8. The number of ether oxygens (including phenoxy) is 1. The number of carbonyl (C=O) groups excluding carboxylic acids is 1. The summed E-state index contributed by atoms with van der Waals surface area (Å²) in [5.74, 6) is -0.564. The Kier molecular flexibility index (Phi) is 10.1. The number of carbonyl (C=O) groups is 1. The Bertz CT molecular complexity index is 1010. The molecule has 1 saturated carbocycles. The summed E-state index contributed by atoms with van der Waals surface area (Å²) in [4.78, 5) is 11.5. The lowest BCUT2D eigenvalue weighted by molar-refractivity contribution is -0.136. The molecule has 2 rings (SSSR count). The van der Waals surface area contributed by atoms with Gasteiger partial charge in [0, 0.05) is 24.9 Å². The summed E-state index contributed by atoms with van der Waals surface area (Å²) in [5.41, 5.74) is 0.961. The largest absolute Gasteiger partial charge is 0.464 e. The first-order valence-electron chi connectivity index (χ1n) is 13.1. The minimum Gasteiger partial charge on any atom is -0.464 e. The van der Waals surface area contributed by atoms with Gasteiger partial charge < -0.3 is 13.6 Å². The fraction of sp³-hybridized carbons (Fsp3) is 0.741. The maximum Gasteiger partial charge on any atom is 0.296 e. The SMILES string of the molecule is Cc1ccc(S(=O)(=O)OC[C@H]2[C@H](CO[Si](C)(C)C(C)(C)C)[C@@H](O[Si](C)(C)C(C)(C)C)C[C@H]2OC=O)cc1. The summed E-state index contributed by atoms with van der Waals surface area (Å²) in [6, 6.07) is 6.56. The molecule has 1 aromatic carbocycles. The maximum absolute atomic E-state index is 13.0. The molecule has 212 valence electrons. The van der Waals surface area contributed by atoms with Gasteiger partial charge in [-0.15, -0.1) is 0 Å². The molecule has 1 aliphatic carbocycles.